The highest BCUT2D eigenvalue weighted by atomic mass is 16.6. The summed E-state index contributed by atoms with van der Waals surface area (Å²) in [4.78, 5) is 24.7. The number of unbranched alkanes of at least 4 members (excludes halogenated alkanes) is 15. The minimum atomic E-state index is -0.488. The predicted molar refractivity (Wildman–Crippen MR) is 171 cm³/mol. The normalized spacial score (nSPS) is 11.0. The quantitative estimate of drug-likeness (QED) is 0.135. The first kappa shape index (κ1) is 32.2. The number of fused-ring (bicyclic) bond motifs is 1. The number of nitrogens with two attached hydrogens (primary N) is 1. The Morgan fingerprint density at radius 1 is 0.683 bits per heavy atom. The Morgan fingerprint density at radius 2 is 1.22 bits per heavy atom. The maximum absolute atomic E-state index is 12.5. The van der Waals surface area contributed by atoms with Gasteiger partial charge in [-0.3, -0.25) is 4.79 Å². The number of nitrogens with one attached hydrogen (secondary N) is 1. The van der Waals surface area contributed by atoms with Gasteiger partial charge in [-0.25, -0.2) is 4.79 Å². The van der Waals surface area contributed by atoms with E-state index in [-0.39, 0.29) is 0 Å². The molecule has 0 bridgehead atoms. The Labute approximate surface area is 247 Å². The summed E-state index contributed by atoms with van der Waals surface area (Å²) in [5.41, 5.74) is 7.62. The first-order valence-corrected chi connectivity index (χ1v) is 16.0. The Bertz CT molecular complexity index is 1210. The van der Waals surface area contributed by atoms with Gasteiger partial charge in [0.1, 0.15) is 5.75 Å². The van der Waals surface area contributed by atoms with Gasteiger partial charge in [0.05, 0.1) is 0 Å². The van der Waals surface area contributed by atoms with E-state index < -0.39 is 12.0 Å². The summed E-state index contributed by atoms with van der Waals surface area (Å²) in [6, 6.07) is 18.7. The number of benzene rings is 3. The molecule has 2 amide bonds. The van der Waals surface area contributed by atoms with Gasteiger partial charge < -0.3 is 15.8 Å². The summed E-state index contributed by atoms with van der Waals surface area (Å²) in [7, 11) is 0. The predicted octanol–water partition coefficient (Wildman–Crippen LogP) is 9.96. The maximum atomic E-state index is 12.5. The van der Waals surface area contributed by atoms with Crippen molar-refractivity contribution in [2.75, 3.05) is 6.54 Å². The smallest absolute Gasteiger partial charge is 0.410 e. The van der Waals surface area contributed by atoms with Crippen LogP contribution in [-0.2, 0) is 0 Å². The minimum Gasteiger partial charge on any atom is -0.410 e. The van der Waals surface area contributed by atoms with Gasteiger partial charge in [-0.15, -0.1) is 0 Å². The number of hydrogen-bond acceptors (Lipinski definition) is 3. The van der Waals surface area contributed by atoms with E-state index in [0.717, 1.165) is 34.7 Å². The van der Waals surface area contributed by atoms with Crippen molar-refractivity contribution in [2.24, 2.45) is 5.73 Å². The lowest BCUT2D eigenvalue weighted by Gasteiger charge is -2.13. The van der Waals surface area contributed by atoms with Crippen molar-refractivity contribution >= 4 is 22.8 Å². The molecule has 0 spiro atoms. The van der Waals surface area contributed by atoms with Crippen molar-refractivity contribution in [3.8, 4) is 16.9 Å². The van der Waals surface area contributed by atoms with Crippen LogP contribution in [0, 0.1) is 0 Å². The van der Waals surface area contributed by atoms with Crippen LogP contribution >= 0.6 is 0 Å². The standard InChI is InChI=1S/C36H50N2O3/c1-2-3-4-5-6-7-8-9-10-11-12-13-14-15-16-21-26-38-36(40)41-34-25-20-19-24-32(34)30-27-29-22-17-18-23-31(29)33(28-30)35(37)39/h17-20,22-25,27-28H,2-16,21,26H2,1H3,(H2,37,39)(H,38,40). The molecule has 0 aliphatic rings. The molecule has 0 aliphatic carbocycles. The van der Waals surface area contributed by atoms with Crippen LogP contribution in [0.15, 0.2) is 60.7 Å². The summed E-state index contributed by atoms with van der Waals surface area (Å²) in [5, 5.41) is 4.59. The second kappa shape index (κ2) is 18.9. The summed E-state index contributed by atoms with van der Waals surface area (Å²) in [6.07, 6.45) is 20.7. The molecule has 0 radical (unpaired) electrons. The second-order valence-electron chi connectivity index (χ2n) is 11.2. The van der Waals surface area contributed by atoms with Gasteiger partial charge in [0.25, 0.3) is 0 Å². The Hall–Kier alpha value is -3.34. The molecule has 0 aromatic heterocycles. The molecule has 41 heavy (non-hydrogen) atoms. The second-order valence-corrected chi connectivity index (χ2v) is 11.2. The van der Waals surface area contributed by atoms with Gasteiger partial charge in [0.15, 0.2) is 0 Å². The van der Waals surface area contributed by atoms with E-state index in [2.05, 4.69) is 12.2 Å². The molecular weight excluding hydrogens is 508 g/mol. The van der Waals surface area contributed by atoms with Crippen molar-refractivity contribution < 1.29 is 14.3 Å². The fourth-order valence-corrected chi connectivity index (χ4v) is 5.46. The van der Waals surface area contributed by atoms with Crippen LogP contribution in [0.5, 0.6) is 5.75 Å². The molecule has 0 unspecified atom stereocenters. The van der Waals surface area contributed by atoms with E-state index in [0.29, 0.717) is 17.9 Å². The summed E-state index contributed by atoms with van der Waals surface area (Å²) < 4.78 is 5.68. The average Bonchev–Trinajstić information content (AvgIpc) is 2.98. The van der Waals surface area contributed by atoms with Gasteiger partial charge in [-0.05, 0) is 41.0 Å². The number of carbonyl (C=O) groups is 2. The molecule has 3 aromatic carbocycles. The Morgan fingerprint density at radius 3 is 1.83 bits per heavy atom. The monoisotopic (exact) mass is 558 g/mol. The van der Waals surface area contributed by atoms with Crippen LogP contribution in [0.25, 0.3) is 21.9 Å². The number of carbonyl (C=O) groups excluding carboxylic acids is 2. The van der Waals surface area contributed by atoms with E-state index in [4.69, 9.17) is 10.5 Å². The average molecular weight is 559 g/mol. The first-order chi connectivity index (χ1) is 20.1. The molecule has 0 saturated heterocycles. The Balaban J connectivity index is 1.30. The highest BCUT2D eigenvalue weighted by Crippen LogP contribution is 2.33. The van der Waals surface area contributed by atoms with Crippen LogP contribution in [0.4, 0.5) is 4.79 Å². The maximum Gasteiger partial charge on any atom is 0.412 e. The first-order valence-electron chi connectivity index (χ1n) is 16.0. The lowest BCUT2D eigenvalue weighted by molar-refractivity contribution is 0.100. The fraction of sp³-hybridized carbons (Fsp3) is 0.500. The third-order valence-corrected chi connectivity index (χ3v) is 7.83. The summed E-state index contributed by atoms with van der Waals surface area (Å²) in [6.45, 7) is 2.87. The van der Waals surface area contributed by atoms with Crippen molar-refractivity contribution in [3.63, 3.8) is 0 Å². The molecule has 3 rings (SSSR count). The van der Waals surface area contributed by atoms with Crippen LogP contribution in [0.2, 0.25) is 0 Å². The van der Waals surface area contributed by atoms with Gasteiger partial charge in [-0.2, -0.15) is 0 Å². The van der Waals surface area contributed by atoms with Crippen molar-refractivity contribution in [2.45, 2.75) is 110 Å². The lowest BCUT2D eigenvalue weighted by Crippen LogP contribution is -2.27. The van der Waals surface area contributed by atoms with Crippen LogP contribution < -0.4 is 15.8 Å². The molecule has 5 nitrogen and oxygen atoms in total. The minimum absolute atomic E-state index is 0.445. The zero-order valence-electron chi connectivity index (χ0n) is 25.1. The molecule has 0 saturated carbocycles. The van der Waals surface area contributed by atoms with E-state index in [1.807, 2.05) is 48.5 Å². The number of primary amides is 1. The van der Waals surface area contributed by atoms with E-state index >= 15 is 0 Å². The van der Waals surface area contributed by atoms with Gasteiger partial charge >= 0.3 is 6.09 Å². The lowest BCUT2D eigenvalue weighted by atomic mass is 9.96. The third kappa shape index (κ3) is 11.6. The third-order valence-electron chi connectivity index (χ3n) is 7.83. The van der Waals surface area contributed by atoms with Gasteiger partial charge in [0, 0.05) is 17.7 Å². The zero-order chi connectivity index (χ0) is 29.1. The highest BCUT2D eigenvalue weighted by molar-refractivity contribution is 6.08. The number of amides is 2. The van der Waals surface area contributed by atoms with Crippen LogP contribution in [-0.4, -0.2) is 18.5 Å². The molecule has 0 aliphatic heterocycles. The number of ether oxygens (including phenoxy) is 1. The molecule has 0 fully saturated rings. The summed E-state index contributed by atoms with van der Waals surface area (Å²) in [5.74, 6) is -0.0410. The zero-order valence-corrected chi connectivity index (χ0v) is 25.1. The molecule has 0 atom stereocenters. The van der Waals surface area contributed by atoms with Crippen LogP contribution in [0.1, 0.15) is 120 Å². The largest absolute Gasteiger partial charge is 0.412 e. The van der Waals surface area contributed by atoms with E-state index in [1.54, 1.807) is 12.1 Å². The molecule has 5 heteroatoms. The topological polar surface area (TPSA) is 81.4 Å². The summed E-state index contributed by atoms with van der Waals surface area (Å²) >= 11 is 0. The molecule has 3 aromatic rings. The SMILES string of the molecule is CCCCCCCCCCCCCCCCCCNC(=O)Oc1ccccc1-c1cc(C(N)=O)c2ccccc2c1. The number of rotatable bonds is 20. The van der Waals surface area contributed by atoms with Crippen LogP contribution in [0.3, 0.4) is 0 Å². The molecule has 222 valence electrons. The molecular formula is C36H50N2O3. The fourth-order valence-electron chi connectivity index (χ4n) is 5.46. The van der Waals surface area contributed by atoms with Crippen molar-refractivity contribution in [3.05, 3.63) is 66.2 Å². The van der Waals surface area contributed by atoms with E-state index in [9.17, 15) is 9.59 Å². The number of hydrogen-bond donors (Lipinski definition) is 2. The highest BCUT2D eigenvalue weighted by Gasteiger charge is 2.14. The van der Waals surface area contributed by atoms with Gasteiger partial charge in [0.2, 0.25) is 5.91 Å². The van der Waals surface area contributed by atoms with Crippen molar-refractivity contribution in [1.82, 2.24) is 5.32 Å². The van der Waals surface area contributed by atoms with Crippen molar-refractivity contribution in [1.29, 1.82) is 0 Å². The Kier molecular flexibility index (Phi) is 14.8. The number of para-hydroxylation sites is 1. The molecule has 3 N–H and O–H groups in total. The molecule has 0 heterocycles. The van der Waals surface area contributed by atoms with Gasteiger partial charge in [-0.1, -0.05) is 146 Å². The van der Waals surface area contributed by atoms with E-state index in [1.165, 1.54) is 89.9 Å².